The summed E-state index contributed by atoms with van der Waals surface area (Å²) in [5.41, 5.74) is 0.549. The first kappa shape index (κ1) is 25.0. The van der Waals surface area contributed by atoms with E-state index in [-0.39, 0.29) is 12.2 Å². The molecule has 5 nitrogen and oxygen atoms in total. The molecule has 3 amide bonds. The number of aryl methyl sites for hydroxylation is 1. The Hall–Kier alpha value is -2.09. The smallest absolute Gasteiger partial charge is 0.376 e. The molecular formula is C26H35F3N2O3. The van der Waals surface area contributed by atoms with Gasteiger partial charge in [-0.1, -0.05) is 32.0 Å². The number of carbonyl (C=O) groups is 2. The molecule has 2 spiro atoms. The van der Waals surface area contributed by atoms with Crippen LogP contribution < -0.4 is 5.32 Å². The maximum Gasteiger partial charge on any atom is 0.406 e. The molecule has 1 atom stereocenters. The van der Waals surface area contributed by atoms with Gasteiger partial charge in [-0.3, -0.25) is 9.69 Å². The molecule has 0 aromatic heterocycles. The zero-order valence-corrected chi connectivity index (χ0v) is 20.4. The van der Waals surface area contributed by atoms with Crippen LogP contribution >= 0.6 is 0 Å². The number of alkyl halides is 3. The lowest BCUT2D eigenvalue weighted by atomic mass is 9.61. The number of rotatable bonds is 6. The van der Waals surface area contributed by atoms with Crippen molar-refractivity contribution in [1.29, 1.82) is 0 Å². The molecule has 4 rings (SSSR count). The van der Waals surface area contributed by atoms with E-state index in [1.54, 1.807) is 0 Å². The molecule has 1 N–H and O–H groups in total. The summed E-state index contributed by atoms with van der Waals surface area (Å²) in [5.74, 6) is -0.266. The van der Waals surface area contributed by atoms with E-state index >= 15 is 0 Å². The van der Waals surface area contributed by atoms with Gasteiger partial charge in [-0.2, -0.15) is 13.2 Å². The summed E-state index contributed by atoms with van der Waals surface area (Å²) in [4.78, 5) is 27.0. The van der Waals surface area contributed by atoms with Crippen LogP contribution in [0.4, 0.5) is 18.0 Å². The van der Waals surface area contributed by atoms with Gasteiger partial charge in [0.25, 0.3) is 5.91 Å². The average molecular weight is 481 g/mol. The highest BCUT2D eigenvalue weighted by atomic mass is 19.4. The number of carbonyl (C=O) groups excluding carboxylic acids is 2. The normalized spacial score (nSPS) is 29.1. The number of halogens is 3. The lowest BCUT2D eigenvalue weighted by molar-refractivity contribution is -0.158. The van der Waals surface area contributed by atoms with Crippen molar-refractivity contribution in [2.75, 3.05) is 6.54 Å². The Morgan fingerprint density at radius 3 is 2.41 bits per heavy atom. The van der Waals surface area contributed by atoms with Crippen molar-refractivity contribution >= 4 is 11.9 Å². The minimum absolute atomic E-state index is 0.0477. The van der Waals surface area contributed by atoms with E-state index in [2.05, 4.69) is 25.2 Å². The Kier molecular flexibility index (Phi) is 6.51. The highest BCUT2D eigenvalue weighted by Gasteiger charge is 2.68. The SMILES string of the molecule is CC(C)CCc1ccc2c(c1)C1(NC(=O)N(CC(F)(F)F)C1=O)[C@]1(CC[C@H](OC(C)C)CC1)C2. The summed E-state index contributed by atoms with van der Waals surface area (Å²) in [6.45, 7) is 6.66. The van der Waals surface area contributed by atoms with Gasteiger partial charge in [0, 0.05) is 5.41 Å². The summed E-state index contributed by atoms with van der Waals surface area (Å²) >= 11 is 0. The van der Waals surface area contributed by atoms with Crippen LogP contribution in [-0.2, 0) is 27.9 Å². The van der Waals surface area contributed by atoms with E-state index in [0.29, 0.717) is 48.5 Å². The van der Waals surface area contributed by atoms with Crippen LogP contribution in [0, 0.1) is 11.3 Å². The largest absolute Gasteiger partial charge is 0.406 e. The lowest BCUT2D eigenvalue weighted by Crippen LogP contribution is -2.57. The number of amides is 3. The second-order valence-electron chi connectivity index (χ2n) is 11.0. The first-order chi connectivity index (χ1) is 15.9. The Morgan fingerprint density at radius 2 is 1.82 bits per heavy atom. The van der Waals surface area contributed by atoms with Crippen molar-refractivity contribution in [3.05, 3.63) is 34.9 Å². The molecule has 1 unspecified atom stereocenters. The molecule has 1 saturated carbocycles. The fourth-order valence-electron chi connectivity index (χ4n) is 6.18. The molecular weight excluding hydrogens is 445 g/mol. The van der Waals surface area contributed by atoms with Gasteiger partial charge in [0.15, 0.2) is 5.54 Å². The number of fused-ring (bicyclic) bond motifs is 3. The topological polar surface area (TPSA) is 58.6 Å². The van der Waals surface area contributed by atoms with Gasteiger partial charge in [0.1, 0.15) is 6.54 Å². The Balaban J connectivity index is 1.75. The van der Waals surface area contributed by atoms with Crippen molar-refractivity contribution in [3.8, 4) is 0 Å². The first-order valence-corrected chi connectivity index (χ1v) is 12.4. The second kappa shape index (κ2) is 8.85. The highest BCUT2D eigenvalue weighted by molar-refractivity contribution is 6.09. The number of benzene rings is 1. The third-order valence-electron chi connectivity index (χ3n) is 7.71. The minimum atomic E-state index is -4.66. The van der Waals surface area contributed by atoms with Crippen LogP contribution in [0.2, 0.25) is 0 Å². The van der Waals surface area contributed by atoms with E-state index < -0.39 is 35.6 Å². The quantitative estimate of drug-likeness (QED) is 0.548. The zero-order chi connectivity index (χ0) is 24.9. The molecule has 1 saturated heterocycles. The monoisotopic (exact) mass is 480 g/mol. The van der Waals surface area contributed by atoms with E-state index in [0.717, 1.165) is 24.0 Å². The molecule has 1 heterocycles. The highest BCUT2D eigenvalue weighted by Crippen LogP contribution is 2.60. The molecule has 3 aliphatic rings. The second-order valence-corrected chi connectivity index (χ2v) is 11.0. The summed E-state index contributed by atoms with van der Waals surface area (Å²) in [7, 11) is 0. The van der Waals surface area contributed by atoms with E-state index in [1.807, 2.05) is 26.0 Å². The predicted molar refractivity (Wildman–Crippen MR) is 122 cm³/mol. The number of ether oxygens (including phenoxy) is 1. The Bertz CT molecular complexity index is 951. The molecule has 0 bridgehead atoms. The van der Waals surface area contributed by atoms with Crippen LogP contribution in [0.3, 0.4) is 0 Å². The average Bonchev–Trinajstić information content (AvgIpc) is 3.14. The number of hydrogen-bond donors (Lipinski definition) is 1. The van der Waals surface area contributed by atoms with E-state index in [9.17, 15) is 22.8 Å². The van der Waals surface area contributed by atoms with Gasteiger partial charge < -0.3 is 10.1 Å². The van der Waals surface area contributed by atoms with Gasteiger partial charge in [-0.25, -0.2) is 4.79 Å². The molecule has 2 aliphatic carbocycles. The van der Waals surface area contributed by atoms with E-state index in [1.165, 1.54) is 0 Å². The van der Waals surface area contributed by atoms with Crippen LogP contribution in [0.1, 0.15) is 76.5 Å². The Morgan fingerprint density at radius 1 is 1.15 bits per heavy atom. The maximum atomic E-state index is 13.8. The molecule has 2 fully saturated rings. The molecule has 34 heavy (non-hydrogen) atoms. The van der Waals surface area contributed by atoms with Crippen molar-refractivity contribution in [2.45, 2.75) is 96.6 Å². The van der Waals surface area contributed by atoms with Crippen molar-refractivity contribution in [2.24, 2.45) is 11.3 Å². The number of hydrogen-bond acceptors (Lipinski definition) is 3. The summed E-state index contributed by atoms with van der Waals surface area (Å²) in [6.07, 6.45) is 0.422. The summed E-state index contributed by atoms with van der Waals surface area (Å²) in [5, 5.41) is 2.81. The first-order valence-electron chi connectivity index (χ1n) is 12.4. The fraction of sp³-hybridized carbons (Fsp3) is 0.692. The van der Waals surface area contributed by atoms with Gasteiger partial charge in [0.2, 0.25) is 0 Å². The molecule has 1 aromatic rings. The lowest BCUT2D eigenvalue weighted by Gasteiger charge is -2.46. The molecule has 8 heteroatoms. The standard InChI is InChI=1S/C26H35F3N2O3/c1-16(2)5-6-18-7-8-19-14-24(11-9-20(10-12-24)34-17(3)4)26(21(19)13-18)22(32)31(23(33)30-26)15-25(27,28)29/h7-8,13,16-17,20H,5-6,9-12,14-15H2,1-4H3,(H,30,33)/t20-,24-,26?. The molecule has 1 aromatic carbocycles. The fourth-order valence-corrected chi connectivity index (χ4v) is 6.18. The van der Waals surface area contributed by atoms with Crippen LogP contribution in [0.15, 0.2) is 18.2 Å². The van der Waals surface area contributed by atoms with Crippen molar-refractivity contribution in [3.63, 3.8) is 0 Å². The minimum Gasteiger partial charge on any atom is -0.376 e. The molecule has 188 valence electrons. The van der Waals surface area contributed by atoms with Crippen molar-refractivity contribution < 1.29 is 27.5 Å². The predicted octanol–water partition coefficient (Wildman–Crippen LogP) is 5.49. The third kappa shape index (κ3) is 4.34. The molecule has 1 aliphatic heterocycles. The van der Waals surface area contributed by atoms with Crippen LogP contribution in [0.25, 0.3) is 0 Å². The number of urea groups is 1. The number of nitrogens with one attached hydrogen (secondary N) is 1. The van der Waals surface area contributed by atoms with Crippen molar-refractivity contribution in [1.82, 2.24) is 10.2 Å². The number of nitrogens with zero attached hydrogens (tertiary/aromatic N) is 1. The van der Waals surface area contributed by atoms with E-state index in [4.69, 9.17) is 4.74 Å². The van der Waals surface area contributed by atoms with Crippen LogP contribution in [-0.4, -0.2) is 41.8 Å². The zero-order valence-electron chi connectivity index (χ0n) is 20.4. The number of imide groups is 1. The van der Waals surface area contributed by atoms with Gasteiger partial charge in [0.05, 0.1) is 12.2 Å². The summed E-state index contributed by atoms with van der Waals surface area (Å²) < 4.78 is 45.8. The Labute approximate surface area is 199 Å². The van der Waals surface area contributed by atoms with Crippen LogP contribution in [0.5, 0.6) is 0 Å². The third-order valence-corrected chi connectivity index (χ3v) is 7.71. The summed E-state index contributed by atoms with van der Waals surface area (Å²) in [6, 6.07) is 5.06. The maximum absolute atomic E-state index is 13.8. The molecule has 0 radical (unpaired) electrons. The van der Waals surface area contributed by atoms with Gasteiger partial charge in [-0.15, -0.1) is 0 Å². The van der Waals surface area contributed by atoms with Gasteiger partial charge in [-0.05, 0) is 81.4 Å². The van der Waals surface area contributed by atoms with Gasteiger partial charge >= 0.3 is 12.2 Å².